The van der Waals surface area contributed by atoms with Crippen molar-refractivity contribution >= 4 is 0 Å². The van der Waals surface area contributed by atoms with E-state index in [0.717, 1.165) is 0 Å². The lowest BCUT2D eigenvalue weighted by molar-refractivity contribution is -0.193. The van der Waals surface area contributed by atoms with E-state index in [9.17, 15) is 13.2 Å². The maximum Gasteiger partial charge on any atom is 0.405 e. The summed E-state index contributed by atoms with van der Waals surface area (Å²) in [6.45, 7) is 2.10. The summed E-state index contributed by atoms with van der Waals surface area (Å²) in [7, 11) is 0. The molecule has 2 unspecified atom stereocenters. The number of halogens is 3. The summed E-state index contributed by atoms with van der Waals surface area (Å²) >= 11 is 0. The van der Waals surface area contributed by atoms with Crippen molar-refractivity contribution in [2.45, 2.75) is 24.7 Å². The third-order valence-corrected chi connectivity index (χ3v) is 3.04. The number of ether oxygens (including phenoxy) is 1. The number of nitrogens with zero attached hydrogens (tertiary/aromatic N) is 1. The molecule has 0 radical (unpaired) electrons. The van der Waals surface area contributed by atoms with Gasteiger partial charge in [0.05, 0.1) is 6.61 Å². The Hall–Kier alpha value is -0.330. The quantitative estimate of drug-likeness (QED) is 0.706. The van der Waals surface area contributed by atoms with Crippen LogP contribution in [0.15, 0.2) is 0 Å². The Balaban J connectivity index is 2.05. The first kappa shape index (κ1) is 11.2. The summed E-state index contributed by atoms with van der Waals surface area (Å²) in [5.41, 5.74) is 0. The van der Waals surface area contributed by atoms with Gasteiger partial charge in [-0.15, -0.1) is 0 Å². The summed E-state index contributed by atoms with van der Waals surface area (Å²) in [6, 6.07) is -1.41. The molecule has 2 rings (SSSR count). The van der Waals surface area contributed by atoms with Crippen LogP contribution in [0.4, 0.5) is 13.2 Å². The Labute approximate surface area is 86.6 Å². The number of alkyl halides is 3. The largest absolute Gasteiger partial charge is 0.405 e. The van der Waals surface area contributed by atoms with Crippen LogP contribution in [-0.4, -0.2) is 56.0 Å². The molecule has 1 N–H and O–H groups in total. The van der Waals surface area contributed by atoms with Gasteiger partial charge in [-0.1, -0.05) is 0 Å². The molecule has 0 aromatic rings. The molecule has 0 bridgehead atoms. The highest BCUT2D eigenvalue weighted by Crippen LogP contribution is 2.29. The van der Waals surface area contributed by atoms with E-state index in [1.54, 1.807) is 4.90 Å². The third kappa shape index (κ3) is 2.43. The number of nitrogens with one attached hydrogen (secondary N) is 1. The van der Waals surface area contributed by atoms with Gasteiger partial charge in [0.25, 0.3) is 0 Å². The van der Waals surface area contributed by atoms with Gasteiger partial charge in [-0.3, -0.25) is 4.90 Å². The summed E-state index contributed by atoms with van der Waals surface area (Å²) < 4.78 is 43.3. The highest BCUT2D eigenvalue weighted by molar-refractivity contribution is 4.90. The first-order chi connectivity index (χ1) is 7.09. The zero-order valence-corrected chi connectivity index (χ0v) is 8.39. The van der Waals surface area contributed by atoms with Crippen LogP contribution in [0.1, 0.15) is 6.42 Å². The summed E-state index contributed by atoms with van der Waals surface area (Å²) in [4.78, 5) is 1.55. The lowest BCUT2D eigenvalue weighted by Gasteiger charge is -2.40. The number of rotatable bonds is 1. The van der Waals surface area contributed by atoms with Gasteiger partial charge in [-0.05, 0) is 6.42 Å². The smallest absolute Gasteiger partial charge is 0.380 e. The molecule has 0 aliphatic carbocycles. The maximum atomic E-state index is 12.7. The zero-order chi connectivity index (χ0) is 10.9. The van der Waals surface area contributed by atoms with Crippen molar-refractivity contribution in [1.82, 2.24) is 10.2 Å². The van der Waals surface area contributed by atoms with Crippen LogP contribution in [0.25, 0.3) is 0 Å². The molecule has 0 aromatic carbocycles. The van der Waals surface area contributed by atoms with E-state index in [1.807, 2.05) is 0 Å². The molecular formula is C9H15F3N2O. The normalized spacial score (nSPS) is 34.6. The van der Waals surface area contributed by atoms with Crippen LogP contribution in [0.5, 0.6) is 0 Å². The first-order valence-electron chi connectivity index (χ1n) is 5.20. The molecule has 2 aliphatic heterocycles. The standard InChI is InChI=1S/C9H15F3N2O/c10-9(11,12)8-5-13-2-3-14(8)7-1-4-15-6-7/h7-8,13H,1-6H2. The molecule has 2 fully saturated rings. The highest BCUT2D eigenvalue weighted by Gasteiger charge is 2.47. The Morgan fingerprint density at radius 3 is 2.73 bits per heavy atom. The fraction of sp³-hybridized carbons (Fsp3) is 1.00. The lowest BCUT2D eigenvalue weighted by atomic mass is 10.1. The van der Waals surface area contributed by atoms with Crippen LogP contribution < -0.4 is 5.32 Å². The molecule has 0 aromatic heterocycles. The fourth-order valence-corrected chi connectivity index (χ4v) is 2.24. The van der Waals surface area contributed by atoms with Crippen LogP contribution in [0, 0.1) is 0 Å². The molecule has 0 spiro atoms. The molecule has 2 saturated heterocycles. The van der Waals surface area contributed by atoms with Crippen LogP contribution >= 0.6 is 0 Å². The topological polar surface area (TPSA) is 24.5 Å². The zero-order valence-electron chi connectivity index (χ0n) is 8.39. The third-order valence-electron chi connectivity index (χ3n) is 3.04. The number of hydrogen-bond acceptors (Lipinski definition) is 3. The molecule has 6 heteroatoms. The second kappa shape index (κ2) is 4.27. The van der Waals surface area contributed by atoms with Crippen LogP contribution in [0.2, 0.25) is 0 Å². The molecule has 3 nitrogen and oxygen atoms in total. The highest BCUT2D eigenvalue weighted by atomic mass is 19.4. The van der Waals surface area contributed by atoms with Gasteiger partial charge >= 0.3 is 6.18 Å². The molecule has 0 saturated carbocycles. The van der Waals surface area contributed by atoms with E-state index in [-0.39, 0.29) is 12.6 Å². The summed E-state index contributed by atoms with van der Waals surface area (Å²) in [5, 5.41) is 2.79. The number of piperazine rings is 1. The lowest BCUT2D eigenvalue weighted by Crippen LogP contribution is -2.60. The van der Waals surface area contributed by atoms with E-state index in [1.165, 1.54) is 0 Å². The van der Waals surface area contributed by atoms with Crippen molar-refractivity contribution < 1.29 is 17.9 Å². The van der Waals surface area contributed by atoms with Crippen molar-refractivity contribution in [3.05, 3.63) is 0 Å². The first-order valence-corrected chi connectivity index (χ1v) is 5.20. The average molecular weight is 224 g/mol. The molecule has 88 valence electrons. The Morgan fingerprint density at radius 2 is 2.13 bits per heavy atom. The second-order valence-corrected chi connectivity index (χ2v) is 4.02. The van der Waals surface area contributed by atoms with Crippen molar-refractivity contribution in [3.8, 4) is 0 Å². The Morgan fingerprint density at radius 1 is 1.33 bits per heavy atom. The van der Waals surface area contributed by atoms with Gasteiger partial charge in [-0.2, -0.15) is 13.2 Å². The Kier molecular flexibility index (Phi) is 3.18. The summed E-state index contributed by atoms with van der Waals surface area (Å²) in [6.07, 6.45) is -3.43. The van der Waals surface area contributed by atoms with E-state index in [2.05, 4.69) is 5.32 Å². The van der Waals surface area contributed by atoms with Gasteiger partial charge in [-0.25, -0.2) is 0 Å². The van der Waals surface area contributed by atoms with E-state index in [4.69, 9.17) is 4.74 Å². The van der Waals surface area contributed by atoms with Gasteiger partial charge in [0, 0.05) is 32.3 Å². The van der Waals surface area contributed by atoms with Crippen molar-refractivity contribution in [2.24, 2.45) is 0 Å². The van der Waals surface area contributed by atoms with Crippen LogP contribution in [-0.2, 0) is 4.74 Å². The molecule has 15 heavy (non-hydrogen) atoms. The minimum absolute atomic E-state index is 0. The predicted molar refractivity (Wildman–Crippen MR) is 48.6 cm³/mol. The SMILES string of the molecule is FC(F)(F)C1CNCCN1C1CCOC1. The van der Waals surface area contributed by atoms with E-state index >= 15 is 0 Å². The molecule has 2 heterocycles. The molecule has 2 atom stereocenters. The van der Waals surface area contributed by atoms with Gasteiger partial charge < -0.3 is 10.1 Å². The molecule has 0 amide bonds. The van der Waals surface area contributed by atoms with E-state index < -0.39 is 12.2 Å². The molecule has 2 aliphatic rings. The maximum absolute atomic E-state index is 12.7. The summed E-state index contributed by atoms with van der Waals surface area (Å²) in [5.74, 6) is 0. The minimum atomic E-state index is -4.14. The molecular weight excluding hydrogens is 209 g/mol. The van der Waals surface area contributed by atoms with E-state index in [0.29, 0.717) is 32.7 Å². The van der Waals surface area contributed by atoms with Gasteiger partial charge in [0.15, 0.2) is 0 Å². The predicted octanol–water partition coefficient (Wildman–Crippen LogP) is 0.611. The average Bonchev–Trinajstić information content (AvgIpc) is 2.69. The fourth-order valence-electron chi connectivity index (χ4n) is 2.24. The van der Waals surface area contributed by atoms with Crippen LogP contribution in [0.3, 0.4) is 0 Å². The monoisotopic (exact) mass is 224 g/mol. The van der Waals surface area contributed by atoms with Gasteiger partial charge in [0.1, 0.15) is 6.04 Å². The van der Waals surface area contributed by atoms with Gasteiger partial charge in [0.2, 0.25) is 0 Å². The van der Waals surface area contributed by atoms with Crippen molar-refractivity contribution in [2.75, 3.05) is 32.8 Å². The van der Waals surface area contributed by atoms with Crippen molar-refractivity contribution in [1.29, 1.82) is 0 Å². The number of hydrogen-bond donors (Lipinski definition) is 1. The Bertz CT molecular complexity index is 216. The van der Waals surface area contributed by atoms with Crippen molar-refractivity contribution in [3.63, 3.8) is 0 Å². The minimum Gasteiger partial charge on any atom is -0.380 e. The second-order valence-electron chi connectivity index (χ2n) is 4.02.